The molecule has 1 aromatic carbocycles. The van der Waals surface area contributed by atoms with Crippen LogP contribution in [0.5, 0.6) is 5.75 Å². The predicted octanol–water partition coefficient (Wildman–Crippen LogP) is 2.20. The lowest BCUT2D eigenvalue weighted by Gasteiger charge is -2.15. The van der Waals surface area contributed by atoms with E-state index in [0.717, 1.165) is 0 Å². The highest BCUT2D eigenvalue weighted by atomic mass is 19.1. The highest BCUT2D eigenvalue weighted by molar-refractivity contribution is 5.39. The molecular weight excluding hydrogens is 249 g/mol. The lowest BCUT2D eigenvalue weighted by molar-refractivity contribution is 0.0542. The molecular formula is C14H22FNO3. The SMILES string of the molecule is COCCOCCOc1cc(C)c(F)cc1[C@@H](C)N. The van der Waals surface area contributed by atoms with Gasteiger partial charge in [0.2, 0.25) is 0 Å². The van der Waals surface area contributed by atoms with Crippen molar-refractivity contribution in [3.63, 3.8) is 0 Å². The van der Waals surface area contributed by atoms with Crippen molar-refractivity contribution in [1.29, 1.82) is 0 Å². The van der Waals surface area contributed by atoms with Crippen LogP contribution in [-0.2, 0) is 9.47 Å². The van der Waals surface area contributed by atoms with Gasteiger partial charge < -0.3 is 19.9 Å². The number of aryl methyl sites for hydroxylation is 1. The van der Waals surface area contributed by atoms with Crippen LogP contribution in [-0.4, -0.2) is 33.5 Å². The molecule has 108 valence electrons. The van der Waals surface area contributed by atoms with Crippen LogP contribution in [0.4, 0.5) is 4.39 Å². The fourth-order valence-corrected chi connectivity index (χ4v) is 1.61. The summed E-state index contributed by atoms with van der Waals surface area (Å²) in [7, 11) is 1.62. The molecule has 0 radical (unpaired) electrons. The van der Waals surface area contributed by atoms with Gasteiger partial charge >= 0.3 is 0 Å². The normalized spacial score (nSPS) is 12.5. The molecule has 0 saturated carbocycles. The van der Waals surface area contributed by atoms with E-state index >= 15 is 0 Å². The van der Waals surface area contributed by atoms with E-state index in [0.29, 0.717) is 43.3 Å². The van der Waals surface area contributed by atoms with E-state index < -0.39 is 0 Å². The Hall–Kier alpha value is -1.17. The second-order valence-electron chi connectivity index (χ2n) is 4.38. The molecule has 0 heterocycles. The van der Waals surface area contributed by atoms with Gasteiger partial charge in [-0.05, 0) is 31.5 Å². The molecule has 0 amide bonds. The van der Waals surface area contributed by atoms with E-state index in [4.69, 9.17) is 19.9 Å². The van der Waals surface area contributed by atoms with Gasteiger partial charge in [-0.25, -0.2) is 4.39 Å². The van der Waals surface area contributed by atoms with Crippen LogP contribution in [0.2, 0.25) is 0 Å². The molecule has 0 bridgehead atoms. The van der Waals surface area contributed by atoms with E-state index in [-0.39, 0.29) is 11.9 Å². The summed E-state index contributed by atoms with van der Waals surface area (Å²) in [6.07, 6.45) is 0. The summed E-state index contributed by atoms with van der Waals surface area (Å²) in [4.78, 5) is 0. The molecule has 1 aromatic rings. The van der Waals surface area contributed by atoms with Crippen molar-refractivity contribution in [2.24, 2.45) is 5.73 Å². The molecule has 0 aliphatic carbocycles. The summed E-state index contributed by atoms with van der Waals surface area (Å²) >= 11 is 0. The maximum Gasteiger partial charge on any atom is 0.126 e. The number of benzene rings is 1. The molecule has 1 atom stereocenters. The molecule has 4 nitrogen and oxygen atoms in total. The van der Waals surface area contributed by atoms with Gasteiger partial charge in [-0.2, -0.15) is 0 Å². The Morgan fingerprint density at radius 3 is 2.53 bits per heavy atom. The topological polar surface area (TPSA) is 53.7 Å². The predicted molar refractivity (Wildman–Crippen MR) is 71.9 cm³/mol. The zero-order chi connectivity index (χ0) is 14.3. The Kier molecular flexibility index (Phi) is 6.77. The van der Waals surface area contributed by atoms with E-state index in [1.165, 1.54) is 6.07 Å². The molecule has 0 saturated heterocycles. The Labute approximate surface area is 113 Å². The monoisotopic (exact) mass is 271 g/mol. The lowest BCUT2D eigenvalue weighted by Crippen LogP contribution is -2.13. The van der Waals surface area contributed by atoms with Gasteiger partial charge in [-0.1, -0.05) is 0 Å². The minimum Gasteiger partial charge on any atom is -0.491 e. The number of halogens is 1. The number of ether oxygens (including phenoxy) is 3. The van der Waals surface area contributed by atoms with Crippen LogP contribution in [0.15, 0.2) is 12.1 Å². The fraction of sp³-hybridized carbons (Fsp3) is 0.571. The van der Waals surface area contributed by atoms with Gasteiger partial charge in [-0.15, -0.1) is 0 Å². The molecule has 1 rings (SSSR count). The van der Waals surface area contributed by atoms with Crippen molar-refractivity contribution >= 4 is 0 Å². The van der Waals surface area contributed by atoms with Gasteiger partial charge in [-0.3, -0.25) is 0 Å². The highest BCUT2D eigenvalue weighted by Crippen LogP contribution is 2.27. The summed E-state index contributed by atoms with van der Waals surface area (Å²) in [5, 5.41) is 0. The van der Waals surface area contributed by atoms with Gasteiger partial charge in [0.1, 0.15) is 18.2 Å². The smallest absolute Gasteiger partial charge is 0.126 e. The van der Waals surface area contributed by atoms with Gasteiger partial charge in [0.15, 0.2) is 0 Å². The van der Waals surface area contributed by atoms with Crippen LogP contribution in [0.1, 0.15) is 24.1 Å². The summed E-state index contributed by atoms with van der Waals surface area (Å²) in [6.45, 7) is 5.43. The Balaban J connectivity index is 2.54. The number of hydrogen-bond acceptors (Lipinski definition) is 4. The van der Waals surface area contributed by atoms with E-state index in [9.17, 15) is 4.39 Å². The largest absolute Gasteiger partial charge is 0.491 e. The molecule has 0 unspecified atom stereocenters. The molecule has 5 heteroatoms. The second kappa shape index (κ2) is 8.09. The van der Waals surface area contributed by atoms with Gasteiger partial charge in [0.25, 0.3) is 0 Å². The van der Waals surface area contributed by atoms with E-state index in [2.05, 4.69) is 0 Å². The molecule has 0 fully saturated rings. The average Bonchev–Trinajstić information content (AvgIpc) is 2.37. The summed E-state index contributed by atoms with van der Waals surface area (Å²) < 4.78 is 29.3. The third-order valence-electron chi connectivity index (χ3n) is 2.70. The summed E-state index contributed by atoms with van der Waals surface area (Å²) in [5.74, 6) is 0.347. The number of hydrogen-bond donors (Lipinski definition) is 1. The maximum absolute atomic E-state index is 13.5. The molecule has 0 aliphatic heterocycles. The van der Waals surface area contributed by atoms with Crippen molar-refractivity contribution in [2.45, 2.75) is 19.9 Å². The molecule has 19 heavy (non-hydrogen) atoms. The van der Waals surface area contributed by atoms with Crippen molar-refractivity contribution in [3.8, 4) is 5.75 Å². The van der Waals surface area contributed by atoms with Gasteiger partial charge in [0.05, 0.1) is 19.8 Å². The Morgan fingerprint density at radius 2 is 1.89 bits per heavy atom. The first-order valence-electron chi connectivity index (χ1n) is 6.31. The Morgan fingerprint density at radius 1 is 1.21 bits per heavy atom. The minimum absolute atomic E-state index is 0.268. The third-order valence-corrected chi connectivity index (χ3v) is 2.70. The number of methoxy groups -OCH3 is 1. The fourth-order valence-electron chi connectivity index (χ4n) is 1.61. The van der Waals surface area contributed by atoms with Crippen molar-refractivity contribution in [1.82, 2.24) is 0 Å². The average molecular weight is 271 g/mol. The number of rotatable bonds is 8. The van der Waals surface area contributed by atoms with E-state index in [1.54, 1.807) is 27.0 Å². The zero-order valence-electron chi connectivity index (χ0n) is 11.7. The lowest BCUT2D eigenvalue weighted by atomic mass is 10.1. The molecule has 0 spiro atoms. The second-order valence-corrected chi connectivity index (χ2v) is 4.38. The standard InChI is InChI=1S/C14H22FNO3/c1-10-8-14(12(11(2)16)9-13(10)15)19-7-6-18-5-4-17-3/h8-9,11H,4-7,16H2,1-3H3/t11-/m1/s1. The molecule has 0 aromatic heterocycles. The van der Waals surface area contributed by atoms with Crippen LogP contribution >= 0.6 is 0 Å². The zero-order valence-corrected chi connectivity index (χ0v) is 11.7. The van der Waals surface area contributed by atoms with Crippen LogP contribution in [0, 0.1) is 12.7 Å². The third kappa shape index (κ3) is 5.14. The highest BCUT2D eigenvalue weighted by Gasteiger charge is 2.12. The van der Waals surface area contributed by atoms with Crippen LogP contribution in [0.3, 0.4) is 0 Å². The number of nitrogens with two attached hydrogens (primary N) is 1. The Bertz CT molecular complexity index is 397. The van der Waals surface area contributed by atoms with Crippen molar-refractivity contribution in [3.05, 3.63) is 29.1 Å². The van der Waals surface area contributed by atoms with Crippen LogP contribution in [0.25, 0.3) is 0 Å². The first-order chi connectivity index (χ1) is 9.06. The van der Waals surface area contributed by atoms with Crippen molar-refractivity contribution in [2.75, 3.05) is 33.5 Å². The van der Waals surface area contributed by atoms with E-state index in [1.807, 2.05) is 0 Å². The van der Waals surface area contributed by atoms with Crippen LogP contribution < -0.4 is 10.5 Å². The first-order valence-corrected chi connectivity index (χ1v) is 6.31. The minimum atomic E-state index is -0.278. The summed E-state index contributed by atoms with van der Waals surface area (Å²) in [6, 6.07) is 2.82. The quantitative estimate of drug-likeness (QED) is 0.736. The maximum atomic E-state index is 13.5. The summed E-state index contributed by atoms with van der Waals surface area (Å²) in [5.41, 5.74) is 7.02. The van der Waals surface area contributed by atoms with Crippen molar-refractivity contribution < 1.29 is 18.6 Å². The van der Waals surface area contributed by atoms with Gasteiger partial charge in [0, 0.05) is 18.7 Å². The first kappa shape index (κ1) is 15.9. The molecule has 0 aliphatic rings. The molecule has 2 N–H and O–H groups in total.